The second kappa shape index (κ2) is 7.40. The standard InChI is InChI=1S/C14H15N3O7/c18-12(15-6-5-13(19)20)2-1-7-16-10-4-3-9(17(22)23)8-11(10)24-14(16)21/h3-4,8H,1-2,5-7H2,(H,15,18)(H,19,20). The van der Waals surface area contributed by atoms with Gasteiger partial charge in [-0.1, -0.05) is 0 Å². The number of amides is 1. The molecule has 0 unspecified atom stereocenters. The number of carbonyl (C=O) groups excluding carboxylic acids is 1. The lowest BCUT2D eigenvalue weighted by atomic mass is 10.2. The number of nitrogens with one attached hydrogen (secondary N) is 1. The SMILES string of the molecule is O=C(O)CCNC(=O)CCCn1c(=O)oc2cc([N+](=O)[O-])ccc21. The lowest BCUT2D eigenvalue weighted by molar-refractivity contribution is -0.384. The topological polar surface area (TPSA) is 145 Å². The second-order valence-electron chi connectivity index (χ2n) is 5.03. The van der Waals surface area contributed by atoms with E-state index in [1.165, 1.54) is 22.8 Å². The molecule has 0 aliphatic carbocycles. The number of aryl methyl sites for hydroxylation is 1. The molecule has 1 amide bonds. The van der Waals surface area contributed by atoms with Gasteiger partial charge in [-0.3, -0.25) is 24.3 Å². The first-order valence-electron chi connectivity index (χ1n) is 7.15. The van der Waals surface area contributed by atoms with Crippen molar-refractivity contribution in [2.75, 3.05) is 6.54 Å². The van der Waals surface area contributed by atoms with E-state index in [-0.39, 0.29) is 43.1 Å². The predicted octanol–water partition coefficient (Wildman–Crippen LogP) is 0.874. The Morgan fingerprint density at radius 2 is 2.08 bits per heavy atom. The van der Waals surface area contributed by atoms with Crippen molar-refractivity contribution in [1.29, 1.82) is 0 Å². The fraction of sp³-hybridized carbons (Fsp3) is 0.357. The average molecular weight is 337 g/mol. The van der Waals surface area contributed by atoms with Crippen molar-refractivity contribution in [3.8, 4) is 0 Å². The monoisotopic (exact) mass is 337 g/mol. The number of hydrogen-bond acceptors (Lipinski definition) is 6. The summed E-state index contributed by atoms with van der Waals surface area (Å²) in [5.41, 5.74) is 0.346. The summed E-state index contributed by atoms with van der Waals surface area (Å²) >= 11 is 0. The number of nitro benzene ring substituents is 1. The van der Waals surface area contributed by atoms with Gasteiger partial charge in [0.1, 0.15) is 0 Å². The quantitative estimate of drug-likeness (QED) is 0.537. The molecule has 0 fully saturated rings. The number of nitro groups is 1. The molecule has 10 heteroatoms. The molecule has 0 saturated carbocycles. The van der Waals surface area contributed by atoms with Crippen LogP contribution in [-0.4, -0.2) is 33.0 Å². The summed E-state index contributed by atoms with van der Waals surface area (Å²) in [7, 11) is 0. The number of carbonyl (C=O) groups is 2. The lowest BCUT2D eigenvalue weighted by Crippen LogP contribution is -2.26. The van der Waals surface area contributed by atoms with Crippen LogP contribution in [0.2, 0.25) is 0 Å². The highest BCUT2D eigenvalue weighted by Gasteiger charge is 2.14. The summed E-state index contributed by atoms with van der Waals surface area (Å²) in [6.45, 7) is 0.252. The van der Waals surface area contributed by atoms with E-state index in [9.17, 15) is 24.5 Å². The van der Waals surface area contributed by atoms with Crippen molar-refractivity contribution in [1.82, 2.24) is 9.88 Å². The Hall–Kier alpha value is -3.17. The molecule has 1 aromatic carbocycles. The van der Waals surface area contributed by atoms with Gasteiger partial charge >= 0.3 is 11.7 Å². The molecule has 2 N–H and O–H groups in total. The fourth-order valence-electron chi connectivity index (χ4n) is 2.18. The van der Waals surface area contributed by atoms with Crippen LogP contribution in [0.4, 0.5) is 5.69 Å². The highest BCUT2D eigenvalue weighted by atomic mass is 16.6. The van der Waals surface area contributed by atoms with Crippen molar-refractivity contribution < 1.29 is 24.0 Å². The molecule has 0 bridgehead atoms. The Bertz CT molecular complexity index is 836. The first kappa shape index (κ1) is 17.2. The largest absolute Gasteiger partial charge is 0.481 e. The highest BCUT2D eigenvalue weighted by Crippen LogP contribution is 2.20. The van der Waals surface area contributed by atoms with Gasteiger partial charge in [0, 0.05) is 25.6 Å². The van der Waals surface area contributed by atoms with E-state index in [2.05, 4.69) is 5.32 Å². The third-order valence-corrected chi connectivity index (χ3v) is 3.31. The minimum atomic E-state index is -0.999. The number of non-ortho nitro benzene ring substituents is 1. The van der Waals surface area contributed by atoms with Crippen LogP contribution in [-0.2, 0) is 16.1 Å². The van der Waals surface area contributed by atoms with Gasteiger partial charge < -0.3 is 14.8 Å². The molecule has 0 radical (unpaired) electrons. The number of hydrogen-bond donors (Lipinski definition) is 2. The maximum absolute atomic E-state index is 11.8. The third kappa shape index (κ3) is 4.18. The van der Waals surface area contributed by atoms with Gasteiger partial charge in [-0.15, -0.1) is 0 Å². The summed E-state index contributed by atoms with van der Waals surface area (Å²) in [5, 5.41) is 21.6. The average Bonchev–Trinajstić information content (AvgIpc) is 2.82. The number of aliphatic carboxylic acids is 1. The fourth-order valence-corrected chi connectivity index (χ4v) is 2.18. The zero-order valence-corrected chi connectivity index (χ0v) is 12.6. The van der Waals surface area contributed by atoms with Crippen LogP contribution in [0.5, 0.6) is 0 Å². The summed E-state index contributed by atoms with van der Waals surface area (Å²) in [4.78, 5) is 43.8. The van der Waals surface area contributed by atoms with E-state index in [1.807, 2.05) is 0 Å². The molecule has 10 nitrogen and oxygen atoms in total. The van der Waals surface area contributed by atoms with Crippen molar-refractivity contribution >= 4 is 28.7 Å². The molecule has 2 aromatic rings. The highest BCUT2D eigenvalue weighted by molar-refractivity contribution is 5.77. The van der Waals surface area contributed by atoms with Crippen molar-refractivity contribution in [2.45, 2.75) is 25.8 Å². The molecule has 0 atom stereocenters. The zero-order chi connectivity index (χ0) is 17.7. The minimum absolute atomic E-state index is 0.0480. The van der Waals surface area contributed by atoms with Crippen molar-refractivity contribution in [3.63, 3.8) is 0 Å². The van der Waals surface area contributed by atoms with Crippen LogP contribution in [0.3, 0.4) is 0 Å². The van der Waals surface area contributed by atoms with E-state index in [0.29, 0.717) is 11.9 Å². The summed E-state index contributed by atoms with van der Waals surface area (Å²) < 4.78 is 6.27. The summed E-state index contributed by atoms with van der Waals surface area (Å²) in [6.07, 6.45) is 0.298. The molecule has 0 aliphatic heterocycles. The van der Waals surface area contributed by atoms with Gasteiger partial charge in [-0.2, -0.15) is 0 Å². The van der Waals surface area contributed by atoms with Gasteiger partial charge in [0.15, 0.2) is 5.58 Å². The number of carboxylic acid groups (broad SMARTS) is 1. The van der Waals surface area contributed by atoms with Gasteiger partial charge in [-0.25, -0.2) is 4.79 Å². The van der Waals surface area contributed by atoms with Crippen LogP contribution < -0.4 is 11.1 Å². The smallest absolute Gasteiger partial charge is 0.419 e. The number of rotatable bonds is 8. The maximum Gasteiger partial charge on any atom is 0.419 e. The van der Waals surface area contributed by atoms with Crippen molar-refractivity contribution in [3.05, 3.63) is 38.9 Å². The number of nitrogens with zero attached hydrogens (tertiary/aromatic N) is 2. The van der Waals surface area contributed by atoms with Gasteiger partial charge in [0.05, 0.1) is 22.9 Å². The van der Waals surface area contributed by atoms with Crippen LogP contribution in [0.15, 0.2) is 27.4 Å². The van der Waals surface area contributed by atoms with Crippen LogP contribution in [0.25, 0.3) is 11.1 Å². The number of fused-ring (bicyclic) bond motifs is 1. The molecule has 128 valence electrons. The maximum atomic E-state index is 11.8. The molecule has 1 heterocycles. The molecular weight excluding hydrogens is 322 g/mol. The second-order valence-corrected chi connectivity index (χ2v) is 5.03. The first-order chi connectivity index (χ1) is 11.4. The Labute approximate surface area is 134 Å². The van der Waals surface area contributed by atoms with Crippen LogP contribution >= 0.6 is 0 Å². The molecule has 1 aromatic heterocycles. The van der Waals surface area contributed by atoms with Gasteiger partial charge in [0.2, 0.25) is 5.91 Å². The zero-order valence-electron chi connectivity index (χ0n) is 12.6. The molecular formula is C14H15N3O7. The molecule has 2 rings (SSSR count). The Kier molecular flexibility index (Phi) is 5.30. The minimum Gasteiger partial charge on any atom is -0.481 e. The molecule has 24 heavy (non-hydrogen) atoms. The Morgan fingerprint density at radius 1 is 1.33 bits per heavy atom. The molecule has 0 aliphatic rings. The number of oxazole rings is 1. The normalized spacial score (nSPS) is 10.7. The summed E-state index contributed by atoms with van der Waals surface area (Å²) in [5.74, 6) is -1.97. The van der Waals surface area contributed by atoms with Gasteiger partial charge in [-0.05, 0) is 12.5 Å². The predicted molar refractivity (Wildman–Crippen MR) is 81.6 cm³/mol. The Balaban J connectivity index is 1.96. The first-order valence-corrected chi connectivity index (χ1v) is 7.15. The van der Waals surface area contributed by atoms with E-state index < -0.39 is 16.6 Å². The lowest BCUT2D eigenvalue weighted by Gasteiger charge is -2.04. The molecule has 0 spiro atoms. The van der Waals surface area contributed by atoms with E-state index >= 15 is 0 Å². The van der Waals surface area contributed by atoms with Crippen LogP contribution in [0, 0.1) is 10.1 Å². The summed E-state index contributed by atoms with van der Waals surface area (Å²) in [6, 6.07) is 3.86. The van der Waals surface area contributed by atoms with E-state index in [4.69, 9.17) is 9.52 Å². The van der Waals surface area contributed by atoms with Crippen molar-refractivity contribution in [2.24, 2.45) is 0 Å². The molecule has 0 saturated heterocycles. The Morgan fingerprint density at radius 3 is 2.75 bits per heavy atom. The number of benzene rings is 1. The van der Waals surface area contributed by atoms with E-state index in [0.717, 1.165) is 0 Å². The third-order valence-electron chi connectivity index (χ3n) is 3.31. The number of carboxylic acids is 1. The van der Waals surface area contributed by atoms with E-state index in [1.54, 1.807) is 0 Å². The van der Waals surface area contributed by atoms with Gasteiger partial charge in [0.25, 0.3) is 5.69 Å². The number of aromatic nitrogens is 1. The van der Waals surface area contributed by atoms with Crippen LogP contribution in [0.1, 0.15) is 19.3 Å².